The number of nitrogens with one attached hydrogen (secondary N) is 2. The Hall–Kier alpha value is -2.82. The highest BCUT2D eigenvalue weighted by atomic mass is 16.5. The lowest BCUT2D eigenvalue weighted by Crippen LogP contribution is -2.16. The molecule has 1 fully saturated rings. The molecule has 0 saturated heterocycles. The number of anilines is 2. The van der Waals surface area contributed by atoms with E-state index in [1.54, 1.807) is 24.3 Å². The molecule has 2 aromatic carbocycles. The van der Waals surface area contributed by atoms with E-state index in [0.29, 0.717) is 23.6 Å². The Kier molecular flexibility index (Phi) is 5.03. The van der Waals surface area contributed by atoms with Gasteiger partial charge in [-0.3, -0.25) is 9.59 Å². The lowest BCUT2D eigenvalue weighted by atomic mass is 10.1. The first-order chi connectivity index (χ1) is 12.1. The van der Waals surface area contributed by atoms with Gasteiger partial charge >= 0.3 is 0 Å². The number of benzene rings is 2. The summed E-state index contributed by atoms with van der Waals surface area (Å²) in [7, 11) is 0. The van der Waals surface area contributed by atoms with E-state index in [4.69, 9.17) is 4.74 Å². The van der Waals surface area contributed by atoms with Crippen molar-refractivity contribution in [2.24, 2.45) is 5.92 Å². The molecule has 1 aliphatic carbocycles. The fourth-order valence-electron chi connectivity index (χ4n) is 2.55. The molecule has 1 aliphatic rings. The van der Waals surface area contributed by atoms with Crippen molar-refractivity contribution in [3.8, 4) is 5.75 Å². The second-order valence-corrected chi connectivity index (χ2v) is 6.18. The molecule has 0 bridgehead atoms. The van der Waals surface area contributed by atoms with Crippen LogP contribution in [-0.2, 0) is 4.79 Å². The Morgan fingerprint density at radius 2 is 1.88 bits per heavy atom. The molecule has 5 heteroatoms. The average Bonchev–Trinajstić information content (AvgIpc) is 3.43. The van der Waals surface area contributed by atoms with Gasteiger partial charge in [0.1, 0.15) is 5.75 Å². The maximum Gasteiger partial charge on any atom is 0.259 e. The summed E-state index contributed by atoms with van der Waals surface area (Å²) < 4.78 is 5.51. The minimum atomic E-state index is -0.243. The molecule has 2 aromatic rings. The van der Waals surface area contributed by atoms with Crippen LogP contribution in [0.4, 0.5) is 11.4 Å². The summed E-state index contributed by atoms with van der Waals surface area (Å²) in [6.45, 7) is 4.30. The Bertz CT molecular complexity index is 797. The molecule has 2 amide bonds. The van der Waals surface area contributed by atoms with Gasteiger partial charge in [-0.25, -0.2) is 0 Å². The number of rotatable bonds is 6. The van der Waals surface area contributed by atoms with Gasteiger partial charge in [0, 0.05) is 17.3 Å². The molecule has 0 spiro atoms. The van der Waals surface area contributed by atoms with Gasteiger partial charge in [-0.05, 0) is 56.5 Å². The van der Waals surface area contributed by atoms with E-state index in [9.17, 15) is 9.59 Å². The highest BCUT2D eigenvalue weighted by Crippen LogP contribution is 2.31. The Morgan fingerprint density at radius 3 is 2.60 bits per heavy atom. The second kappa shape index (κ2) is 7.38. The van der Waals surface area contributed by atoms with Gasteiger partial charge in [0.15, 0.2) is 0 Å². The summed E-state index contributed by atoms with van der Waals surface area (Å²) in [6, 6.07) is 12.6. The predicted octanol–water partition coefficient (Wildman–Crippen LogP) is 3.99. The molecule has 0 unspecified atom stereocenters. The van der Waals surface area contributed by atoms with Gasteiger partial charge < -0.3 is 15.4 Å². The van der Waals surface area contributed by atoms with Gasteiger partial charge in [-0.1, -0.05) is 18.2 Å². The van der Waals surface area contributed by atoms with Gasteiger partial charge in [-0.15, -0.1) is 0 Å². The number of hydrogen-bond donors (Lipinski definition) is 2. The van der Waals surface area contributed by atoms with Crippen LogP contribution in [0.15, 0.2) is 42.5 Å². The van der Waals surface area contributed by atoms with Crippen LogP contribution in [0, 0.1) is 12.8 Å². The normalized spacial score (nSPS) is 13.2. The van der Waals surface area contributed by atoms with Gasteiger partial charge in [-0.2, -0.15) is 0 Å². The number of aryl methyl sites for hydroxylation is 1. The lowest BCUT2D eigenvalue weighted by molar-refractivity contribution is -0.117. The molecule has 0 aromatic heterocycles. The molecule has 0 radical (unpaired) electrons. The van der Waals surface area contributed by atoms with E-state index in [-0.39, 0.29) is 17.7 Å². The van der Waals surface area contributed by atoms with Crippen molar-refractivity contribution in [1.82, 2.24) is 0 Å². The van der Waals surface area contributed by atoms with E-state index < -0.39 is 0 Å². The van der Waals surface area contributed by atoms with Crippen LogP contribution in [0.5, 0.6) is 5.75 Å². The van der Waals surface area contributed by atoms with Crippen molar-refractivity contribution in [3.05, 3.63) is 53.6 Å². The molecule has 130 valence electrons. The summed E-state index contributed by atoms with van der Waals surface area (Å²) in [5, 5.41) is 5.81. The molecule has 5 nitrogen and oxygen atoms in total. The first kappa shape index (κ1) is 17.0. The molecular formula is C20H22N2O3. The van der Waals surface area contributed by atoms with Crippen LogP contribution in [0.1, 0.15) is 35.7 Å². The largest absolute Gasteiger partial charge is 0.493 e. The smallest absolute Gasteiger partial charge is 0.259 e. The molecule has 0 heterocycles. The summed E-state index contributed by atoms with van der Waals surface area (Å²) in [5.41, 5.74) is 2.80. The Labute approximate surface area is 147 Å². The summed E-state index contributed by atoms with van der Waals surface area (Å²) in [6.07, 6.45) is 1.91. The first-order valence-corrected chi connectivity index (χ1v) is 8.53. The zero-order valence-corrected chi connectivity index (χ0v) is 14.5. The number of para-hydroxylation sites is 1. The molecule has 3 rings (SSSR count). The van der Waals surface area contributed by atoms with Crippen molar-refractivity contribution < 1.29 is 14.3 Å². The van der Waals surface area contributed by atoms with Gasteiger partial charge in [0.25, 0.3) is 5.91 Å². The van der Waals surface area contributed by atoms with E-state index in [1.807, 2.05) is 32.0 Å². The summed E-state index contributed by atoms with van der Waals surface area (Å²) in [4.78, 5) is 24.6. The third-order valence-electron chi connectivity index (χ3n) is 4.13. The number of ether oxygens (including phenoxy) is 1. The predicted molar refractivity (Wildman–Crippen MR) is 98.1 cm³/mol. The number of carbonyl (C=O) groups excluding carboxylic acids is 2. The van der Waals surface area contributed by atoms with E-state index in [1.165, 1.54) is 0 Å². The van der Waals surface area contributed by atoms with E-state index >= 15 is 0 Å². The molecule has 1 saturated carbocycles. The van der Waals surface area contributed by atoms with Crippen molar-refractivity contribution in [3.63, 3.8) is 0 Å². The lowest BCUT2D eigenvalue weighted by Gasteiger charge is -2.13. The van der Waals surface area contributed by atoms with Crippen molar-refractivity contribution >= 4 is 23.2 Å². The maximum absolute atomic E-state index is 12.6. The van der Waals surface area contributed by atoms with Crippen LogP contribution in [0.2, 0.25) is 0 Å². The van der Waals surface area contributed by atoms with E-state index in [2.05, 4.69) is 10.6 Å². The highest BCUT2D eigenvalue weighted by Gasteiger charge is 2.29. The average molecular weight is 338 g/mol. The first-order valence-electron chi connectivity index (χ1n) is 8.53. The number of hydrogen-bond acceptors (Lipinski definition) is 3. The quantitative estimate of drug-likeness (QED) is 0.837. The Morgan fingerprint density at radius 1 is 1.12 bits per heavy atom. The van der Waals surface area contributed by atoms with Crippen LogP contribution in [0.25, 0.3) is 0 Å². The third kappa shape index (κ3) is 4.18. The van der Waals surface area contributed by atoms with Crippen molar-refractivity contribution in [2.45, 2.75) is 26.7 Å². The molecule has 0 atom stereocenters. The highest BCUT2D eigenvalue weighted by molar-refractivity contribution is 6.06. The Balaban J connectivity index is 1.76. The SMILES string of the molecule is CCOc1ccccc1C(=O)Nc1ccc(C)c(NC(=O)C2CC2)c1. The molecule has 25 heavy (non-hydrogen) atoms. The maximum atomic E-state index is 12.6. The zero-order valence-electron chi connectivity index (χ0n) is 14.5. The van der Waals surface area contributed by atoms with Crippen molar-refractivity contribution in [2.75, 3.05) is 17.2 Å². The molecular weight excluding hydrogens is 316 g/mol. The summed E-state index contributed by atoms with van der Waals surface area (Å²) >= 11 is 0. The van der Waals surface area contributed by atoms with Gasteiger partial charge in [0.05, 0.1) is 12.2 Å². The molecule has 0 aliphatic heterocycles. The monoisotopic (exact) mass is 338 g/mol. The van der Waals surface area contributed by atoms with E-state index in [0.717, 1.165) is 24.1 Å². The molecule has 2 N–H and O–H groups in total. The number of carbonyl (C=O) groups is 2. The van der Waals surface area contributed by atoms with Crippen LogP contribution < -0.4 is 15.4 Å². The standard InChI is InChI=1S/C20H22N2O3/c1-3-25-18-7-5-4-6-16(18)20(24)21-15-11-8-13(2)17(12-15)22-19(23)14-9-10-14/h4-8,11-12,14H,3,9-10H2,1-2H3,(H,21,24)(H,22,23). The minimum Gasteiger partial charge on any atom is -0.493 e. The van der Waals surface area contributed by atoms with Crippen LogP contribution in [0.3, 0.4) is 0 Å². The fourth-order valence-corrected chi connectivity index (χ4v) is 2.55. The fraction of sp³-hybridized carbons (Fsp3) is 0.300. The van der Waals surface area contributed by atoms with Gasteiger partial charge in [0.2, 0.25) is 5.91 Å². The third-order valence-corrected chi connectivity index (χ3v) is 4.13. The van der Waals surface area contributed by atoms with Crippen LogP contribution >= 0.6 is 0 Å². The summed E-state index contributed by atoms with van der Waals surface area (Å²) in [5.74, 6) is 0.494. The zero-order chi connectivity index (χ0) is 17.8. The minimum absolute atomic E-state index is 0.0493. The number of amides is 2. The second-order valence-electron chi connectivity index (χ2n) is 6.18. The van der Waals surface area contributed by atoms with Crippen molar-refractivity contribution in [1.29, 1.82) is 0 Å². The topological polar surface area (TPSA) is 67.4 Å². The van der Waals surface area contributed by atoms with Crippen LogP contribution in [-0.4, -0.2) is 18.4 Å².